The van der Waals surface area contributed by atoms with E-state index in [1.807, 2.05) is 18.2 Å². The van der Waals surface area contributed by atoms with Gasteiger partial charge < -0.3 is 4.42 Å². The zero-order chi connectivity index (χ0) is 19.9. The van der Waals surface area contributed by atoms with Crippen molar-refractivity contribution >= 4 is 23.2 Å². The molecule has 4 rings (SSSR count). The summed E-state index contributed by atoms with van der Waals surface area (Å²) in [7, 11) is 0. The van der Waals surface area contributed by atoms with Crippen LogP contribution in [0.15, 0.2) is 58.4 Å². The number of fused-ring (bicyclic) bond motifs is 1. The van der Waals surface area contributed by atoms with E-state index >= 15 is 0 Å². The highest BCUT2D eigenvalue weighted by Gasteiger charge is 2.55. The number of carbonyl (C=O) groups is 1. The Balaban J connectivity index is 1.42. The summed E-state index contributed by atoms with van der Waals surface area (Å²) < 4.78 is 5.38. The van der Waals surface area contributed by atoms with Crippen molar-refractivity contribution in [2.24, 2.45) is 11.0 Å². The van der Waals surface area contributed by atoms with Crippen LogP contribution in [0.5, 0.6) is 0 Å². The molecule has 1 aliphatic rings. The molecule has 0 spiro atoms. The van der Waals surface area contributed by atoms with Crippen LogP contribution in [0, 0.1) is 5.92 Å². The van der Waals surface area contributed by atoms with Gasteiger partial charge in [0.1, 0.15) is 5.52 Å². The highest BCUT2D eigenvalue weighted by molar-refractivity contribution is 5.95. The molecule has 2 aromatic carbocycles. The van der Waals surface area contributed by atoms with Crippen LogP contribution in [-0.4, -0.2) is 17.1 Å². The van der Waals surface area contributed by atoms with Crippen molar-refractivity contribution in [3.63, 3.8) is 0 Å². The van der Waals surface area contributed by atoms with Crippen LogP contribution >= 0.6 is 0 Å². The Kier molecular flexibility index (Phi) is 4.33. The van der Waals surface area contributed by atoms with Gasteiger partial charge in [-0.3, -0.25) is 4.79 Å². The second kappa shape index (κ2) is 6.59. The quantitative estimate of drug-likeness (QED) is 0.537. The Morgan fingerprint density at radius 1 is 1.25 bits per heavy atom. The van der Waals surface area contributed by atoms with Gasteiger partial charge in [0, 0.05) is 11.0 Å². The highest BCUT2D eigenvalue weighted by Crippen LogP contribution is 2.54. The zero-order valence-electron chi connectivity index (χ0n) is 16.7. The molecule has 5 nitrogen and oxygen atoms in total. The zero-order valence-corrected chi connectivity index (χ0v) is 16.7. The Bertz CT molecular complexity index is 1040. The fourth-order valence-electron chi connectivity index (χ4n) is 3.67. The van der Waals surface area contributed by atoms with E-state index in [9.17, 15) is 4.79 Å². The summed E-state index contributed by atoms with van der Waals surface area (Å²) in [5.41, 5.74) is 7.40. The van der Waals surface area contributed by atoms with Gasteiger partial charge in [0.25, 0.3) is 0 Å². The third-order valence-corrected chi connectivity index (χ3v) is 5.73. The molecular formula is C23H25N3O2. The average Bonchev–Trinajstić information content (AvgIpc) is 3.13. The maximum absolute atomic E-state index is 12.6. The van der Waals surface area contributed by atoms with Crippen LogP contribution < -0.4 is 5.43 Å². The monoisotopic (exact) mass is 375 g/mol. The lowest BCUT2D eigenvalue weighted by molar-refractivity contribution is -0.122. The van der Waals surface area contributed by atoms with E-state index < -0.39 is 0 Å². The second-order valence-corrected chi connectivity index (χ2v) is 8.78. The number of carbonyl (C=O) groups excluding carboxylic acids is 1. The minimum absolute atomic E-state index is 0.0524. The number of rotatable bonds is 4. The Hall–Kier alpha value is -2.95. The van der Waals surface area contributed by atoms with E-state index in [-0.39, 0.29) is 22.7 Å². The van der Waals surface area contributed by atoms with Crippen molar-refractivity contribution in [1.29, 1.82) is 0 Å². The number of amides is 1. The van der Waals surface area contributed by atoms with Gasteiger partial charge in [-0.1, -0.05) is 58.0 Å². The van der Waals surface area contributed by atoms with Crippen LogP contribution in [0.3, 0.4) is 0 Å². The largest absolute Gasteiger partial charge is 0.443 e. The third kappa shape index (κ3) is 3.33. The van der Waals surface area contributed by atoms with Crippen molar-refractivity contribution in [1.82, 2.24) is 10.4 Å². The van der Waals surface area contributed by atoms with Gasteiger partial charge in [-0.25, -0.2) is 10.4 Å². The molecule has 0 aliphatic heterocycles. The van der Waals surface area contributed by atoms with Crippen LogP contribution in [0.1, 0.15) is 50.8 Å². The molecule has 0 bridgehead atoms. The molecule has 2 atom stereocenters. The van der Waals surface area contributed by atoms with Crippen molar-refractivity contribution in [3.8, 4) is 0 Å². The molecule has 1 N–H and O–H groups in total. The molecule has 0 saturated heterocycles. The Labute approximate surface area is 164 Å². The smallest absolute Gasteiger partial charge is 0.244 e. The van der Waals surface area contributed by atoms with Crippen molar-refractivity contribution in [2.45, 2.75) is 44.9 Å². The number of para-hydroxylation sites is 1. The number of nitrogens with one attached hydrogen (secondary N) is 1. The van der Waals surface area contributed by atoms with E-state index in [0.29, 0.717) is 5.58 Å². The summed E-state index contributed by atoms with van der Waals surface area (Å²) in [5.74, 6) is -0.116. The van der Waals surface area contributed by atoms with Crippen LogP contribution in [-0.2, 0) is 15.6 Å². The molecule has 5 heteroatoms. The lowest BCUT2D eigenvalue weighted by Gasteiger charge is -2.20. The number of hydrogen-bond acceptors (Lipinski definition) is 4. The van der Waals surface area contributed by atoms with Gasteiger partial charge in [0.15, 0.2) is 12.0 Å². The minimum Gasteiger partial charge on any atom is -0.443 e. The summed E-state index contributed by atoms with van der Waals surface area (Å²) in [4.78, 5) is 16.7. The van der Waals surface area contributed by atoms with Gasteiger partial charge in [-0.15, -0.1) is 0 Å². The topological polar surface area (TPSA) is 67.5 Å². The predicted molar refractivity (Wildman–Crippen MR) is 110 cm³/mol. The summed E-state index contributed by atoms with van der Waals surface area (Å²) in [5, 5.41) is 4.13. The Morgan fingerprint density at radius 3 is 2.71 bits per heavy atom. The van der Waals surface area contributed by atoms with Gasteiger partial charge in [0.2, 0.25) is 5.91 Å². The molecule has 28 heavy (non-hydrogen) atoms. The third-order valence-electron chi connectivity index (χ3n) is 5.73. The van der Waals surface area contributed by atoms with E-state index in [4.69, 9.17) is 4.42 Å². The number of benzene rings is 2. The molecule has 1 saturated carbocycles. The van der Waals surface area contributed by atoms with Crippen molar-refractivity contribution in [3.05, 3.63) is 65.5 Å². The van der Waals surface area contributed by atoms with Crippen molar-refractivity contribution in [2.75, 3.05) is 0 Å². The lowest BCUT2D eigenvalue weighted by Crippen LogP contribution is -2.23. The van der Waals surface area contributed by atoms with E-state index in [1.54, 1.807) is 6.21 Å². The fourth-order valence-corrected chi connectivity index (χ4v) is 3.67. The molecule has 1 aliphatic carbocycles. The van der Waals surface area contributed by atoms with Crippen LogP contribution in [0.2, 0.25) is 0 Å². The predicted octanol–water partition coefficient (Wildman–Crippen LogP) is 4.55. The first-order chi connectivity index (χ1) is 13.3. The van der Waals surface area contributed by atoms with Crippen LogP contribution in [0.4, 0.5) is 0 Å². The highest BCUT2D eigenvalue weighted by atomic mass is 16.3. The van der Waals surface area contributed by atoms with Gasteiger partial charge >= 0.3 is 0 Å². The Morgan fingerprint density at radius 2 is 2.00 bits per heavy atom. The number of oxazole rings is 1. The number of hydrazone groups is 1. The normalized spacial score (nSPS) is 21.9. The fraction of sp³-hybridized carbons (Fsp3) is 0.348. The summed E-state index contributed by atoms with van der Waals surface area (Å²) >= 11 is 0. The molecule has 3 aromatic rings. The number of hydrogen-bond donors (Lipinski definition) is 1. The summed E-state index contributed by atoms with van der Waals surface area (Å²) in [6, 6.07) is 14.3. The minimum atomic E-state index is -0.124. The van der Waals surface area contributed by atoms with Crippen LogP contribution in [0.25, 0.3) is 11.1 Å². The van der Waals surface area contributed by atoms with E-state index in [0.717, 1.165) is 17.5 Å². The molecule has 1 aromatic heterocycles. The number of nitrogens with zero attached hydrogens (tertiary/aromatic N) is 2. The first-order valence-corrected chi connectivity index (χ1v) is 9.55. The maximum Gasteiger partial charge on any atom is 0.244 e. The van der Waals surface area contributed by atoms with Gasteiger partial charge in [0.05, 0.1) is 12.1 Å². The first-order valence-electron chi connectivity index (χ1n) is 9.55. The molecule has 0 radical (unpaired) electrons. The molecular weight excluding hydrogens is 350 g/mol. The standard InChI is InChI=1S/C23H25N3O2/c1-22(2,3)16-8-10-17(11-9-16)23(4)12-18(23)21(27)26-25-13-15-6-5-7-19-20(15)28-14-24-19/h5-11,13-14,18H,12H2,1-4H3,(H,26,27)/b25-13+. The molecule has 1 amide bonds. The molecule has 1 heterocycles. The molecule has 2 unspecified atom stereocenters. The maximum atomic E-state index is 12.6. The summed E-state index contributed by atoms with van der Waals surface area (Å²) in [6.07, 6.45) is 3.84. The SMILES string of the molecule is CC(C)(C)c1ccc(C2(C)CC2C(=O)N/N=C/c2cccc3ncoc23)cc1. The van der Waals surface area contributed by atoms with E-state index in [1.165, 1.54) is 17.5 Å². The number of aromatic nitrogens is 1. The van der Waals surface area contributed by atoms with E-state index in [2.05, 4.69) is 67.5 Å². The average molecular weight is 375 g/mol. The lowest BCUT2D eigenvalue weighted by atomic mass is 9.85. The van der Waals surface area contributed by atoms with Crippen molar-refractivity contribution < 1.29 is 9.21 Å². The molecule has 144 valence electrons. The van der Waals surface area contributed by atoms with Gasteiger partial charge in [-0.05, 0) is 35.1 Å². The second-order valence-electron chi connectivity index (χ2n) is 8.78. The first kappa shape index (κ1) is 18.4. The van der Waals surface area contributed by atoms with Gasteiger partial charge in [-0.2, -0.15) is 5.10 Å². The molecule has 1 fully saturated rings. The summed E-state index contributed by atoms with van der Waals surface area (Å²) in [6.45, 7) is 8.75.